The minimum atomic E-state index is -0.0122. The first-order valence-corrected chi connectivity index (χ1v) is 7.55. The Labute approximate surface area is 127 Å². The molecule has 0 aliphatic heterocycles. The van der Waals surface area contributed by atoms with Crippen molar-refractivity contribution in [2.75, 3.05) is 7.11 Å². The highest BCUT2D eigenvalue weighted by Gasteiger charge is 2.08. The van der Waals surface area contributed by atoms with E-state index in [-0.39, 0.29) is 6.61 Å². The Morgan fingerprint density at radius 2 is 1.95 bits per heavy atom. The van der Waals surface area contributed by atoms with E-state index in [4.69, 9.17) is 9.47 Å². The highest BCUT2D eigenvalue weighted by Crippen LogP contribution is 2.31. The van der Waals surface area contributed by atoms with Crippen molar-refractivity contribution in [3.8, 4) is 11.5 Å². The first-order chi connectivity index (χ1) is 10.3. The average Bonchev–Trinajstić information content (AvgIpc) is 2.96. The molecule has 108 valence electrons. The Bertz CT molecular complexity index is 749. The SMILES string of the molecule is COc1ccc(CO)cc1OCc1csc2ccccc12. The van der Waals surface area contributed by atoms with Gasteiger partial charge in [-0.15, -0.1) is 11.3 Å². The molecule has 21 heavy (non-hydrogen) atoms. The molecule has 1 aromatic heterocycles. The molecule has 3 aromatic rings. The fourth-order valence-electron chi connectivity index (χ4n) is 2.23. The van der Waals surface area contributed by atoms with Crippen molar-refractivity contribution in [2.24, 2.45) is 0 Å². The lowest BCUT2D eigenvalue weighted by Gasteiger charge is -2.11. The average molecular weight is 300 g/mol. The zero-order valence-corrected chi connectivity index (χ0v) is 12.5. The third-order valence-corrected chi connectivity index (χ3v) is 4.37. The molecule has 0 aliphatic carbocycles. The summed E-state index contributed by atoms with van der Waals surface area (Å²) in [7, 11) is 1.61. The van der Waals surface area contributed by atoms with E-state index in [1.165, 1.54) is 10.1 Å². The Hall–Kier alpha value is -2.04. The molecule has 3 nitrogen and oxygen atoms in total. The van der Waals surface area contributed by atoms with Gasteiger partial charge in [-0.2, -0.15) is 0 Å². The molecule has 1 heterocycles. The van der Waals surface area contributed by atoms with E-state index in [9.17, 15) is 5.11 Å². The minimum absolute atomic E-state index is 0.0122. The van der Waals surface area contributed by atoms with Gasteiger partial charge in [0.15, 0.2) is 11.5 Å². The lowest BCUT2D eigenvalue weighted by molar-refractivity contribution is 0.272. The van der Waals surface area contributed by atoms with Crippen LogP contribution in [0.1, 0.15) is 11.1 Å². The number of benzene rings is 2. The summed E-state index contributed by atoms with van der Waals surface area (Å²) in [5.74, 6) is 1.33. The summed E-state index contributed by atoms with van der Waals surface area (Å²) in [6, 6.07) is 13.7. The van der Waals surface area contributed by atoms with Crippen molar-refractivity contribution in [1.82, 2.24) is 0 Å². The molecule has 0 atom stereocenters. The third-order valence-electron chi connectivity index (χ3n) is 3.35. The van der Waals surface area contributed by atoms with Gasteiger partial charge in [0.2, 0.25) is 0 Å². The van der Waals surface area contributed by atoms with Crippen LogP contribution >= 0.6 is 11.3 Å². The summed E-state index contributed by atoms with van der Waals surface area (Å²) in [5, 5.41) is 12.6. The van der Waals surface area contributed by atoms with E-state index in [1.807, 2.05) is 30.3 Å². The van der Waals surface area contributed by atoms with Gasteiger partial charge in [-0.05, 0) is 34.5 Å². The van der Waals surface area contributed by atoms with E-state index in [0.717, 1.165) is 11.1 Å². The van der Waals surface area contributed by atoms with Crippen molar-refractivity contribution < 1.29 is 14.6 Å². The van der Waals surface area contributed by atoms with Gasteiger partial charge >= 0.3 is 0 Å². The van der Waals surface area contributed by atoms with Crippen molar-refractivity contribution in [2.45, 2.75) is 13.2 Å². The Morgan fingerprint density at radius 1 is 1.10 bits per heavy atom. The summed E-state index contributed by atoms with van der Waals surface area (Å²) >= 11 is 1.72. The number of thiophene rings is 1. The molecular weight excluding hydrogens is 284 g/mol. The van der Waals surface area contributed by atoms with Crippen molar-refractivity contribution in [3.05, 3.63) is 59.0 Å². The van der Waals surface area contributed by atoms with Gasteiger partial charge in [-0.3, -0.25) is 0 Å². The van der Waals surface area contributed by atoms with E-state index in [1.54, 1.807) is 18.4 Å². The van der Waals surface area contributed by atoms with E-state index < -0.39 is 0 Å². The lowest BCUT2D eigenvalue weighted by Crippen LogP contribution is -1.98. The molecule has 0 aliphatic rings. The van der Waals surface area contributed by atoms with Gasteiger partial charge in [0, 0.05) is 10.3 Å². The summed E-state index contributed by atoms with van der Waals surface area (Å²) in [4.78, 5) is 0. The van der Waals surface area contributed by atoms with Crippen LogP contribution in [0.3, 0.4) is 0 Å². The van der Waals surface area contributed by atoms with Crippen LogP contribution in [0.25, 0.3) is 10.1 Å². The second-order valence-electron chi connectivity index (χ2n) is 4.69. The number of aliphatic hydroxyl groups excluding tert-OH is 1. The Morgan fingerprint density at radius 3 is 2.76 bits per heavy atom. The first kappa shape index (κ1) is 13.9. The van der Waals surface area contributed by atoms with Crippen molar-refractivity contribution >= 4 is 21.4 Å². The quantitative estimate of drug-likeness (QED) is 0.774. The Kier molecular flexibility index (Phi) is 4.08. The molecular formula is C17H16O3S. The Balaban J connectivity index is 1.84. The number of ether oxygens (including phenoxy) is 2. The smallest absolute Gasteiger partial charge is 0.162 e. The summed E-state index contributed by atoms with van der Waals surface area (Å²) in [6.45, 7) is 0.469. The number of hydrogen-bond donors (Lipinski definition) is 1. The lowest BCUT2D eigenvalue weighted by atomic mass is 10.2. The molecule has 0 saturated carbocycles. The maximum atomic E-state index is 9.22. The van der Waals surface area contributed by atoms with Gasteiger partial charge in [0.25, 0.3) is 0 Å². The normalized spacial score (nSPS) is 10.8. The van der Waals surface area contributed by atoms with Crippen LogP contribution < -0.4 is 9.47 Å². The van der Waals surface area contributed by atoms with Crippen molar-refractivity contribution in [3.63, 3.8) is 0 Å². The molecule has 0 amide bonds. The third kappa shape index (κ3) is 2.86. The molecule has 1 N–H and O–H groups in total. The molecule has 0 bridgehead atoms. The molecule has 0 unspecified atom stereocenters. The first-order valence-electron chi connectivity index (χ1n) is 6.67. The van der Waals surface area contributed by atoms with Crippen LogP contribution in [0.5, 0.6) is 11.5 Å². The summed E-state index contributed by atoms with van der Waals surface area (Å²) < 4.78 is 12.4. The molecule has 0 saturated heterocycles. The standard InChI is InChI=1S/C17H16O3S/c1-19-15-7-6-12(9-18)8-16(15)20-10-13-11-21-17-5-3-2-4-14(13)17/h2-8,11,18H,9-10H2,1H3. The van der Waals surface area contributed by atoms with E-state index in [0.29, 0.717) is 18.1 Å². The zero-order valence-electron chi connectivity index (χ0n) is 11.7. The number of methoxy groups -OCH3 is 1. The minimum Gasteiger partial charge on any atom is -0.493 e. The van der Waals surface area contributed by atoms with Crippen LogP contribution in [0.2, 0.25) is 0 Å². The number of rotatable bonds is 5. The van der Waals surface area contributed by atoms with Crippen LogP contribution in [0, 0.1) is 0 Å². The van der Waals surface area contributed by atoms with Gasteiger partial charge in [-0.1, -0.05) is 24.3 Å². The van der Waals surface area contributed by atoms with Gasteiger partial charge < -0.3 is 14.6 Å². The largest absolute Gasteiger partial charge is 0.493 e. The number of fused-ring (bicyclic) bond motifs is 1. The van der Waals surface area contributed by atoms with Crippen LogP contribution in [0.4, 0.5) is 0 Å². The summed E-state index contributed by atoms with van der Waals surface area (Å²) in [5.41, 5.74) is 1.97. The molecule has 0 radical (unpaired) electrons. The molecule has 4 heteroatoms. The molecule has 2 aromatic carbocycles. The fraction of sp³-hybridized carbons (Fsp3) is 0.176. The number of aliphatic hydroxyl groups is 1. The van der Waals surface area contributed by atoms with E-state index >= 15 is 0 Å². The zero-order chi connectivity index (χ0) is 14.7. The molecule has 3 rings (SSSR count). The molecule has 0 fully saturated rings. The number of hydrogen-bond acceptors (Lipinski definition) is 4. The predicted octanol–water partition coefficient (Wildman–Crippen LogP) is 3.98. The second-order valence-corrected chi connectivity index (χ2v) is 5.60. The van der Waals surface area contributed by atoms with Gasteiger partial charge in [0.1, 0.15) is 6.61 Å². The monoisotopic (exact) mass is 300 g/mol. The maximum absolute atomic E-state index is 9.22. The predicted molar refractivity (Wildman–Crippen MR) is 85.1 cm³/mol. The van der Waals surface area contributed by atoms with Crippen LogP contribution in [0.15, 0.2) is 47.8 Å². The highest BCUT2D eigenvalue weighted by molar-refractivity contribution is 7.17. The second kappa shape index (κ2) is 6.16. The molecule has 0 spiro atoms. The van der Waals surface area contributed by atoms with Crippen LogP contribution in [-0.4, -0.2) is 12.2 Å². The highest BCUT2D eigenvalue weighted by atomic mass is 32.1. The fourth-order valence-corrected chi connectivity index (χ4v) is 3.18. The van der Waals surface area contributed by atoms with E-state index in [2.05, 4.69) is 17.5 Å². The summed E-state index contributed by atoms with van der Waals surface area (Å²) in [6.07, 6.45) is 0. The van der Waals surface area contributed by atoms with Gasteiger partial charge in [0.05, 0.1) is 13.7 Å². The van der Waals surface area contributed by atoms with Gasteiger partial charge in [-0.25, -0.2) is 0 Å². The van der Waals surface area contributed by atoms with Crippen LogP contribution in [-0.2, 0) is 13.2 Å². The van der Waals surface area contributed by atoms with Crippen molar-refractivity contribution in [1.29, 1.82) is 0 Å². The maximum Gasteiger partial charge on any atom is 0.162 e. The topological polar surface area (TPSA) is 38.7 Å².